The number of hydrogen-bond donors (Lipinski definition) is 1. The Morgan fingerprint density at radius 2 is 2.06 bits per heavy atom. The predicted octanol–water partition coefficient (Wildman–Crippen LogP) is 4.65. The third-order valence-corrected chi connectivity index (χ3v) is 4.68. The van der Waals surface area contributed by atoms with Gasteiger partial charge in [0.1, 0.15) is 6.07 Å². The van der Waals surface area contributed by atoms with Gasteiger partial charge in [0.2, 0.25) is 0 Å². The fourth-order valence-corrected chi connectivity index (χ4v) is 3.19. The molecule has 2 heterocycles. The average molecular weight is 463 g/mol. The second-order valence-corrected chi connectivity index (χ2v) is 7.42. The van der Waals surface area contributed by atoms with Gasteiger partial charge in [-0.05, 0) is 43.7 Å². The van der Waals surface area contributed by atoms with Crippen LogP contribution >= 0.6 is 11.6 Å². The number of nitrogens with one attached hydrogen (secondary N) is 1. The molecule has 1 aromatic carbocycles. The molecule has 0 aliphatic rings. The van der Waals surface area contributed by atoms with Crippen LogP contribution in [-0.4, -0.2) is 25.7 Å². The number of nitriles is 1. The molecule has 0 saturated heterocycles. The third-order valence-electron chi connectivity index (χ3n) is 4.47. The highest BCUT2D eigenvalue weighted by atomic mass is 35.5. The summed E-state index contributed by atoms with van der Waals surface area (Å²) >= 11 is 5.78. The second-order valence-electron chi connectivity index (χ2n) is 6.99. The zero-order chi connectivity index (χ0) is 23.5. The van der Waals surface area contributed by atoms with Crippen LogP contribution in [0.3, 0.4) is 0 Å². The van der Waals surface area contributed by atoms with Crippen LogP contribution in [-0.2, 0) is 12.6 Å². The summed E-state index contributed by atoms with van der Waals surface area (Å²) in [5, 5.41) is 15.8. The lowest BCUT2D eigenvalue weighted by molar-refractivity contribution is -0.137. The fourth-order valence-electron chi connectivity index (χ4n) is 2.95. The van der Waals surface area contributed by atoms with Gasteiger partial charge in [0.05, 0.1) is 17.2 Å². The molecule has 2 aromatic heterocycles. The van der Waals surface area contributed by atoms with Gasteiger partial charge in [0, 0.05) is 23.2 Å². The maximum absolute atomic E-state index is 13.1. The van der Waals surface area contributed by atoms with E-state index in [4.69, 9.17) is 16.9 Å². The van der Waals surface area contributed by atoms with E-state index in [1.807, 2.05) is 13.0 Å². The topological polar surface area (TPSA) is 96.5 Å². The van der Waals surface area contributed by atoms with Crippen LogP contribution in [0.15, 0.2) is 36.5 Å². The van der Waals surface area contributed by atoms with Crippen molar-refractivity contribution in [3.8, 4) is 11.9 Å². The monoisotopic (exact) mass is 462 g/mol. The van der Waals surface area contributed by atoms with Gasteiger partial charge < -0.3 is 5.32 Å². The van der Waals surface area contributed by atoms with Crippen molar-refractivity contribution in [3.05, 3.63) is 69.9 Å². The number of carbonyl (C=O) groups is 1. The molecule has 0 spiro atoms. The molecule has 0 radical (unpaired) electrons. The third kappa shape index (κ3) is 5.23. The summed E-state index contributed by atoms with van der Waals surface area (Å²) in [4.78, 5) is 21.4. The fraction of sp³-hybridized carbons (Fsp3) is 0.286. The molecular weight excluding hydrogens is 445 g/mol. The zero-order valence-corrected chi connectivity index (χ0v) is 17.9. The molecule has 32 heavy (non-hydrogen) atoms. The minimum Gasteiger partial charge on any atom is -0.342 e. The molecule has 1 unspecified atom stereocenters. The first-order chi connectivity index (χ1) is 15.1. The summed E-state index contributed by atoms with van der Waals surface area (Å²) in [7, 11) is 0. The van der Waals surface area contributed by atoms with Gasteiger partial charge >= 0.3 is 6.18 Å². The molecule has 11 heteroatoms. The zero-order valence-electron chi connectivity index (χ0n) is 17.1. The molecule has 0 aliphatic heterocycles. The molecule has 0 saturated carbocycles. The number of aryl methyl sites for hydroxylation is 1. The minimum absolute atomic E-state index is 0.201. The Balaban J connectivity index is 1.92. The Morgan fingerprint density at radius 1 is 1.31 bits per heavy atom. The highest BCUT2D eigenvalue weighted by Gasteiger charge is 2.32. The van der Waals surface area contributed by atoms with Crippen molar-refractivity contribution >= 4 is 17.5 Å². The molecular formula is C21H18ClF3N6O. The van der Waals surface area contributed by atoms with Crippen molar-refractivity contribution in [2.24, 2.45) is 0 Å². The first-order valence-electron chi connectivity index (χ1n) is 9.63. The van der Waals surface area contributed by atoms with Crippen molar-refractivity contribution in [3.63, 3.8) is 0 Å². The number of nitrogens with zero attached hydrogens (tertiary/aromatic N) is 5. The summed E-state index contributed by atoms with van der Waals surface area (Å²) < 4.78 is 40.6. The quantitative estimate of drug-likeness (QED) is 0.575. The van der Waals surface area contributed by atoms with Crippen LogP contribution < -0.4 is 5.32 Å². The van der Waals surface area contributed by atoms with Crippen molar-refractivity contribution in [2.75, 3.05) is 0 Å². The van der Waals surface area contributed by atoms with E-state index in [1.165, 1.54) is 10.9 Å². The van der Waals surface area contributed by atoms with Gasteiger partial charge in [0.15, 0.2) is 17.5 Å². The first-order valence-corrected chi connectivity index (χ1v) is 10.0. The van der Waals surface area contributed by atoms with Crippen LogP contribution in [0.4, 0.5) is 13.2 Å². The van der Waals surface area contributed by atoms with E-state index < -0.39 is 23.7 Å². The molecule has 7 nitrogen and oxygen atoms in total. The Kier molecular flexibility index (Phi) is 6.79. The molecule has 1 amide bonds. The number of carbonyl (C=O) groups excluding carboxylic acids is 1. The van der Waals surface area contributed by atoms with Crippen molar-refractivity contribution < 1.29 is 18.0 Å². The van der Waals surface area contributed by atoms with Crippen molar-refractivity contribution in [2.45, 2.75) is 38.9 Å². The lowest BCUT2D eigenvalue weighted by Crippen LogP contribution is -2.29. The maximum atomic E-state index is 13.1. The number of rotatable bonds is 6. The van der Waals surface area contributed by atoms with Gasteiger partial charge in [-0.15, -0.1) is 5.10 Å². The number of hydrogen-bond acceptors (Lipinski definition) is 5. The second kappa shape index (κ2) is 9.36. The molecule has 166 valence electrons. The number of pyridine rings is 1. The molecule has 1 N–H and O–H groups in total. The molecule has 3 rings (SSSR count). The minimum atomic E-state index is -4.64. The summed E-state index contributed by atoms with van der Waals surface area (Å²) in [6.07, 6.45) is -1.88. The number of aromatic nitrogens is 4. The standard InChI is InChI=1S/C21H18ClF3N6O/c1-3-4-17-29-19(31(30-17)18-6-5-13(10-26)11-27-18)12(2)28-20(32)14-7-15(21(23,24)25)9-16(22)8-14/h5-9,11-12H,3-4H2,1-2H3,(H,28,32). The van der Waals surface area contributed by atoms with Gasteiger partial charge in [-0.2, -0.15) is 23.1 Å². The predicted molar refractivity (Wildman–Crippen MR) is 110 cm³/mol. The molecule has 0 aliphatic carbocycles. The van der Waals surface area contributed by atoms with E-state index in [-0.39, 0.29) is 10.6 Å². The highest BCUT2D eigenvalue weighted by molar-refractivity contribution is 6.31. The Hall–Kier alpha value is -3.45. The largest absolute Gasteiger partial charge is 0.416 e. The Bertz CT molecular complexity index is 1170. The number of benzene rings is 1. The van der Waals surface area contributed by atoms with Crippen LogP contribution in [0.1, 0.15) is 59.4 Å². The normalized spacial score (nSPS) is 12.3. The van der Waals surface area contributed by atoms with Gasteiger partial charge in [0.25, 0.3) is 5.91 Å². The summed E-state index contributed by atoms with van der Waals surface area (Å²) in [5.74, 6) is 0.510. The van der Waals surface area contributed by atoms with Crippen LogP contribution in [0, 0.1) is 11.3 Å². The lowest BCUT2D eigenvalue weighted by atomic mass is 10.1. The van der Waals surface area contributed by atoms with Crippen LogP contribution in [0.5, 0.6) is 0 Å². The highest BCUT2D eigenvalue weighted by Crippen LogP contribution is 2.32. The van der Waals surface area contributed by atoms with E-state index in [0.717, 1.165) is 24.6 Å². The Labute approximate surface area is 186 Å². The average Bonchev–Trinajstić information content (AvgIpc) is 3.17. The molecule has 0 bridgehead atoms. The summed E-state index contributed by atoms with van der Waals surface area (Å²) in [6, 6.07) is 7.08. The van der Waals surface area contributed by atoms with Crippen molar-refractivity contribution in [1.29, 1.82) is 5.26 Å². The van der Waals surface area contributed by atoms with Gasteiger partial charge in [-0.25, -0.2) is 9.97 Å². The van der Waals surface area contributed by atoms with E-state index >= 15 is 0 Å². The number of amides is 1. The molecule has 0 fully saturated rings. The smallest absolute Gasteiger partial charge is 0.342 e. The summed E-state index contributed by atoms with van der Waals surface area (Å²) in [5.41, 5.74) is -0.877. The van der Waals surface area contributed by atoms with Crippen molar-refractivity contribution in [1.82, 2.24) is 25.1 Å². The van der Waals surface area contributed by atoms with Crippen LogP contribution in [0.2, 0.25) is 5.02 Å². The van der Waals surface area contributed by atoms with Gasteiger partial charge in [-0.3, -0.25) is 4.79 Å². The number of alkyl halides is 3. The summed E-state index contributed by atoms with van der Waals surface area (Å²) in [6.45, 7) is 3.59. The van der Waals surface area contributed by atoms with Gasteiger partial charge in [-0.1, -0.05) is 18.5 Å². The molecule has 3 aromatic rings. The SMILES string of the molecule is CCCc1nc(C(C)NC(=O)c2cc(Cl)cc(C(F)(F)F)c2)n(-c2ccc(C#N)cn2)n1. The van der Waals surface area contributed by atoms with E-state index in [0.29, 0.717) is 29.5 Å². The van der Waals surface area contributed by atoms with Crippen LogP contribution in [0.25, 0.3) is 5.82 Å². The Morgan fingerprint density at radius 3 is 2.66 bits per heavy atom. The molecule has 1 atom stereocenters. The first kappa shape index (κ1) is 23.2. The van der Waals surface area contributed by atoms with E-state index in [9.17, 15) is 18.0 Å². The number of halogens is 4. The maximum Gasteiger partial charge on any atom is 0.416 e. The van der Waals surface area contributed by atoms with E-state index in [2.05, 4.69) is 20.4 Å². The van der Waals surface area contributed by atoms with E-state index in [1.54, 1.807) is 19.1 Å². The lowest BCUT2D eigenvalue weighted by Gasteiger charge is -2.15.